The lowest BCUT2D eigenvalue weighted by Gasteiger charge is -2.35. The number of nitrogens with zero attached hydrogens (tertiary/aromatic N) is 3. The Morgan fingerprint density at radius 1 is 1.44 bits per heavy atom. The number of hydrogen-bond donors (Lipinski definition) is 1. The van der Waals surface area contributed by atoms with E-state index in [0.717, 1.165) is 35.9 Å². The van der Waals surface area contributed by atoms with Crippen molar-refractivity contribution in [1.82, 2.24) is 14.7 Å². The molecule has 0 aliphatic carbocycles. The highest BCUT2D eigenvalue weighted by molar-refractivity contribution is 6.31. The van der Waals surface area contributed by atoms with Gasteiger partial charge in [-0.2, -0.15) is 5.10 Å². The highest BCUT2D eigenvalue weighted by atomic mass is 35.5. The number of halogens is 1. The summed E-state index contributed by atoms with van der Waals surface area (Å²) in [7, 11) is 1.94. The van der Waals surface area contributed by atoms with Crippen molar-refractivity contribution >= 4 is 11.6 Å². The maximum absolute atomic E-state index is 9.15. The zero-order valence-electron chi connectivity index (χ0n) is 11.2. The normalized spacial score (nSPS) is 21.4. The van der Waals surface area contributed by atoms with Gasteiger partial charge in [-0.1, -0.05) is 18.0 Å². The lowest BCUT2D eigenvalue weighted by Crippen LogP contribution is -2.39. The standard InChI is InChI=1S/C13H22ClN3O/c1-10-13(14)12(16(2)15-10)9-17-7-4-3-5-11(17)6-8-18/h11,18H,3-9H2,1-2H3. The molecule has 4 nitrogen and oxygen atoms in total. The summed E-state index contributed by atoms with van der Waals surface area (Å²) in [4.78, 5) is 2.43. The molecule has 5 heteroatoms. The van der Waals surface area contributed by atoms with E-state index in [2.05, 4.69) is 10.00 Å². The van der Waals surface area contributed by atoms with Gasteiger partial charge in [-0.05, 0) is 32.7 Å². The number of piperidine rings is 1. The zero-order valence-corrected chi connectivity index (χ0v) is 11.9. The van der Waals surface area contributed by atoms with Crippen LogP contribution >= 0.6 is 11.6 Å². The van der Waals surface area contributed by atoms with Crippen LogP contribution in [0, 0.1) is 6.92 Å². The number of likely N-dealkylation sites (tertiary alicyclic amines) is 1. The van der Waals surface area contributed by atoms with Crippen molar-refractivity contribution in [2.75, 3.05) is 13.2 Å². The molecule has 0 amide bonds. The van der Waals surface area contributed by atoms with Crippen LogP contribution in [0.1, 0.15) is 37.1 Å². The number of aryl methyl sites for hydroxylation is 2. The van der Waals surface area contributed by atoms with Gasteiger partial charge in [0, 0.05) is 26.2 Å². The van der Waals surface area contributed by atoms with Crippen LogP contribution in [0.15, 0.2) is 0 Å². The Kier molecular flexibility index (Phi) is 4.65. The van der Waals surface area contributed by atoms with Gasteiger partial charge in [0.25, 0.3) is 0 Å². The number of aromatic nitrogens is 2. The van der Waals surface area contributed by atoms with Crippen molar-refractivity contribution < 1.29 is 5.11 Å². The van der Waals surface area contributed by atoms with E-state index < -0.39 is 0 Å². The maximum atomic E-state index is 9.15. The summed E-state index contributed by atoms with van der Waals surface area (Å²) >= 11 is 6.30. The quantitative estimate of drug-likeness (QED) is 0.912. The van der Waals surface area contributed by atoms with Crippen molar-refractivity contribution in [3.8, 4) is 0 Å². The van der Waals surface area contributed by atoms with E-state index in [9.17, 15) is 0 Å². The minimum Gasteiger partial charge on any atom is -0.396 e. The monoisotopic (exact) mass is 271 g/mol. The van der Waals surface area contributed by atoms with Crippen LogP contribution in [-0.2, 0) is 13.6 Å². The molecule has 1 N–H and O–H groups in total. The number of hydrogen-bond acceptors (Lipinski definition) is 3. The van der Waals surface area contributed by atoms with Crippen LogP contribution in [-0.4, -0.2) is 39.0 Å². The molecule has 2 heterocycles. The van der Waals surface area contributed by atoms with Crippen LogP contribution in [0.2, 0.25) is 5.02 Å². The first kappa shape index (κ1) is 13.8. The molecular formula is C13H22ClN3O. The van der Waals surface area contributed by atoms with Gasteiger partial charge in [-0.3, -0.25) is 9.58 Å². The second-order valence-electron chi connectivity index (χ2n) is 5.10. The second kappa shape index (κ2) is 6.04. The van der Waals surface area contributed by atoms with E-state index in [1.165, 1.54) is 19.3 Å². The summed E-state index contributed by atoms with van der Waals surface area (Å²) in [6.07, 6.45) is 4.53. The summed E-state index contributed by atoms with van der Waals surface area (Å²) in [5.74, 6) is 0. The van der Waals surface area contributed by atoms with E-state index >= 15 is 0 Å². The van der Waals surface area contributed by atoms with Crippen molar-refractivity contribution in [2.45, 2.75) is 45.2 Å². The number of aliphatic hydroxyl groups excluding tert-OH is 1. The van der Waals surface area contributed by atoms with Crippen molar-refractivity contribution in [3.63, 3.8) is 0 Å². The Morgan fingerprint density at radius 2 is 2.22 bits per heavy atom. The lowest BCUT2D eigenvalue weighted by molar-refractivity contribution is 0.110. The minimum absolute atomic E-state index is 0.263. The predicted molar refractivity (Wildman–Crippen MR) is 72.7 cm³/mol. The SMILES string of the molecule is Cc1nn(C)c(CN2CCCCC2CCO)c1Cl. The summed E-state index contributed by atoms with van der Waals surface area (Å²) in [6, 6.07) is 0.482. The molecule has 1 saturated heterocycles. The highest BCUT2D eigenvalue weighted by Gasteiger charge is 2.24. The summed E-state index contributed by atoms with van der Waals surface area (Å²) in [5.41, 5.74) is 1.98. The first-order chi connectivity index (χ1) is 8.63. The van der Waals surface area contributed by atoms with E-state index in [4.69, 9.17) is 16.7 Å². The molecule has 0 bridgehead atoms. The van der Waals surface area contributed by atoms with Gasteiger partial charge >= 0.3 is 0 Å². The van der Waals surface area contributed by atoms with Crippen molar-refractivity contribution in [2.24, 2.45) is 7.05 Å². The topological polar surface area (TPSA) is 41.3 Å². The number of rotatable bonds is 4. The molecule has 0 spiro atoms. The smallest absolute Gasteiger partial charge is 0.0860 e. The fraction of sp³-hybridized carbons (Fsp3) is 0.769. The molecule has 102 valence electrons. The summed E-state index contributed by atoms with van der Waals surface area (Å²) in [6.45, 7) is 4.12. The molecule has 0 aromatic carbocycles. The van der Waals surface area contributed by atoms with Gasteiger partial charge < -0.3 is 5.11 Å². The Hall–Kier alpha value is -0.580. The molecule has 1 aliphatic rings. The first-order valence-electron chi connectivity index (χ1n) is 6.66. The summed E-state index contributed by atoms with van der Waals surface area (Å²) in [5, 5.41) is 14.3. The fourth-order valence-corrected chi connectivity index (χ4v) is 3.01. The van der Waals surface area contributed by atoms with E-state index in [1.54, 1.807) is 0 Å². The van der Waals surface area contributed by atoms with E-state index in [0.29, 0.717) is 6.04 Å². The molecule has 1 aromatic rings. The van der Waals surface area contributed by atoms with Crippen LogP contribution in [0.25, 0.3) is 0 Å². The average Bonchev–Trinajstić information content (AvgIpc) is 2.59. The van der Waals surface area contributed by atoms with Crippen molar-refractivity contribution in [3.05, 3.63) is 16.4 Å². The summed E-state index contributed by atoms with van der Waals surface area (Å²) < 4.78 is 1.88. The first-order valence-corrected chi connectivity index (χ1v) is 7.04. The number of aliphatic hydroxyl groups is 1. The Labute approximate surface area is 114 Å². The molecule has 1 aliphatic heterocycles. The van der Waals surface area contributed by atoms with Gasteiger partial charge in [0.1, 0.15) is 0 Å². The largest absolute Gasteiger partial charge is 0.396 e. The van der Waals surface area contributed by atoms with E-state index in [-0.39, 0.29) is 6.61 Å². The molecular weight excluding hydrogens is 250 g/mol. The third-order valence-corrected chi connectivity index (χ3v) is 4.32. The third kappa shape index (κ3) is 2.87. The Balaban J connectivity index is 2.10. The molecule has 1 fully saturated rings. The van der Waals surface area contributed by atoms with Gasteiger partial charge in [0.05, 0.1) is 16.4 Å². The maximum Gasteiger partial charge on any atom is 0.0860 e. The van der Waals surface area contributed by atoms with Crippen LogP contribution in [0.3, 0.4) is 0 Å². The van der Waals surface area contributed by atoms with E-state index in [1.807, 2.05) is 18.7 Å². The van der Waals surface area contributed by atoms with Gasteiger partial charge in [-0.15, -0.1) is 0 Å². The zero-order chi connectivity index (χ0) is 13.1. The van der Waals surface area contributed by atoms with Crippen LogP contribution in [0.5, 0.6) is 0 Å². The molecule has 0 radical (unpaired) electrons. The lowest BCUT2D eigenvalue weighted by atomic mass is 9.99. The molecule has 2 rings (SSSR count). The molecule has 1 unspecified atom stereocenters. The van der Waals surface area contributed by atoms with Gasteiger partial charge in [-0.25, -0.2) is 0 Å². The highest BCUT2D eigenvalue weighted by Crippen LogP contribution is 2.26. The van der Waals surface area contributed by atoms with Crippen LogP contribution in [0.4, 0.5) is 0 Å². The molecule has 0 saturated carbocycles. The molecule has 18 heavy (non-hydrogen) atoms. The Bertz CT molecular complexity index is 403. The molecule has 1 atom stereocenters. The van der Waals surface area contributed by atoms with Crippen molar-refractivity contribution in [1.29, 1.82) is 0 Å². The average molecular weight is 272 g/mol. The third-order valence-electron chi connectivity index (χ3n) is 3.83. The molecule has 1 aromatic heterocycles. The minimum atomic E-state index is 0.263. The van der Waals surface area contributed by atoms with Crippen LogP contribution < -0.4 is 0 Å². The second-order valence-corrected chi connectivity index (χ2v) is 5.48. The van der Waals surface area contributed by atoms with Gasteiger partial charge in [0.2, 0.25) is 0 Å². The Morgan fingerprint density at radius 3 is 2.83 bits per heavy atom. The predicted octanol–water partition coefficient (Wildman–Crippen LogP) is 2.12. The fourth-order valence-electron chi connectivity index (χ4n) is 2.79. The van der Waals surface area contributed by atoms with Gasteiger partial charge in [0.15, 0.2) is 0 Å².